The number of hydrogen-bond acceptors (Lipinski definition) is 3. The van der Waals surface area contributed by atoms with Crippen LogP contribution in [0.2, 0.25) is 0 Å². The molecule has 4 nitrogen and oxygen atoms in total. The maximum absolute atomic E-state index is 11.0. The van der Waals surface area contributed by atoms with Crippen molar-refractivity contribution in [2.24, 2.45) is 22.5 Å². The molecule has 0 aliphatic heterocycles. The van der Waals surface area contributed by atoms with Crippen LogP contribution in [0.15, 0.2) is 0 Å². The van der Waals surface area contributed by atoms with E-state index in [9.17, 15) is 4.79 Å². The van der Waals surface area contributed by atoms with Crippen molar-refractivity contribution in [3.8, 4) is 0 Å². The van der Waals surface area contributed by atoms with Gasteiger partial charge in [-0.05, 0) is 42.9 Å². The van der Waals surface area contributed by atoms with Crippen molar-refractivity contribution in [3.63, 3.8) is 0 Å². The second kappa shape index (κ2) is 3.94. The molecule has 0 amide bonds. The van der Waals surface area contributed by atoms with Crippen molar-refractivity contribution in [2.45, 2.75) is 58.6 Å². The molecule has 104 valence electrons. The van der Waals surface area contributed by atoms with Crippen molar-refractivity contribution in [1.82, 2.24) is 0 Å². The van der Waals surface area contributed by atoms with Crippen LogP contribution in [0, 0.1) is 16.7 Å². The predicted molar refractivity (Wildman–Crippen MR) is 69.2 cm³/mol. The lowest BCUT2D eigenvalue weighted by Gasteiger charge is -2.39. The van der Waals surface area contributed by atoms with Crippen LogP contribution in [-0.2, 0) is 9.53 Å². The monoisotopic (exact) mass is 255 g/mol. The molecule has 4 unspecified atom stereocenters. The molecule has 4 heteroatoms. The van der Waals surface area contributed by atoms with E-state index in [2.05, 4.69) is 20.8 Å². The van der Waals surface area contributed by atoms with Crippen molar-refractivity contribution >= 4 is 5.97 Å². The Morgan fingerprint density at radius 2 is 2.11 bits per heavy atom. The van der Waals surface area contributed by atoms with Gasteiger partial charge >= 0.3 is 5.97 Å². The largest absolute Gasteiger partial charge is 0.480 e. The van der Waals surface area contributed by atoms with Gasteiger partial charge in [0.2, 0.25) is 0 Å². The molecule has 2 aliphatic carbocycles. The van der Waals surface area contributed by atoms with Crippen LogP contribution in [0.1, 0.15) is 47.0 Å². The molecule has 0 radical (unpaired) electrons. The second-order valence-electron chi connectivity index (χ2n) is 7.13. The van der Waals surface area contributed by atoms with Crippen molar-refractivity contribution < 1.29 is 14.6 Å². The van der Waals surface area contributed by atoms with Gasteiger partial charge in [-0.3, -0.25) is 4.79 Å². The Kier molecular flexibility index (Phi) is 3.02. The number of aliphatic carboxylic acids is 1. The van der Waals surface area contributed by atoms with Crippen molar-refractivity contribution in [1.29, 1.82) is 0 Å². The van der Waals surface area contributed by atoms with Gasteiger partial charge in [-0.25, -0.2) is 0 Å². The third-order valence-electron chi connectivity index (χ3n) is 5.79. The Morgan fingerprint density at radius 3 is 2.50 bits per heavy atom. The zero-order chi connectivity index (χ0) is 13.8. The molecule has 0 aromatic carbocycles. The van der Waals surface area contributed by atoms with Crippen LogP contribution in [-0.4, -0.2) is 29.3 Å². The summed E-state index contributed by atoms with van der Waals surface area (Å²) in [6.07, 6.45) is 3.62. The van der Waals surface area contributed by atoms with E-state index in [1.165, 1.54) is 19.8 Å². The van der Waals surface area contributed by atoms with Crippen LogP contribution in [0.5, 0.6) is 0 Å². The third kappa shape index (κ3) is 1.77. The smallest absolute Gasteiger partial charge is 0.325 e. The summed E-state index contributed by atoms with van der Waals surface area (Å²) in [7, 11) is 0. The standard InChI is InChI=1S/C14H25NO3/c1-12(2)9-5-6-13(12,3)10(7-9)18-8-14(4,15)11(16)17/h9-10H,5-8,15H2,1-4H3,(H,16,17). The van der Waals surface area contributed by atoms with Crippen LogP contribution in [0.3, 0.4) is 0 Å². The number of ether oxygens (including phenoxy) is 1. The summed E-state index contributed by atoms with van der Waals surface area (Å²) in [6, 6.07) is 0. The molecule has 4 atom stereocenters. The molecule has 2 bridgehead atoms. The Labute approximate surface area is 109 Å². The molecule has 2 aliphatic rings. The summed E-state index contributed by atoms with van der Waals surface area (Å²) < 4.78 is 5.90. The van der Waals surface area contributed by atoms with Gasteiger partial charge in [-0.15, -0.1) is 0 Å². The molecule has 0 aromatic rings. The lowest BCUT2D eigenvalue weighted by atomic mass is 9.70. The highest BCUT2D eigenvalue weighted by Gasteiger charge is 2.62. The van der Waals surface area contributed by atoms with Gasteiger partial charge < -0.3 is 15.6 Å². The molecular formula is C14H25NO3. The first-order valence-corrected chi connectivity index (χ1v) is 6.75. The van der Waals surface area contributed by atoms with Gasteiger partial charge in [0.25, 0.3) is 0 Å². The van der Waals surface area contributed by atoms with E-state index < -0.39 is 11.5 Å². The van der Waals surface area contributed by atoms with Crippen molar-refractivity contribution in [2.75, 3.05) is 6.61 Å². The highest BCUT2D eigenvalue weighted by atomic mass is 16.5. The zero-order valence-electron chi connectivity index (χ0n) is 11.8. The normalized spacial score (nSPS) is 40.7. The topological polar surface area (TPSA) is 72.5 Å². The quantitative estimate of drug-likeness (QED) is 0.806. The number of fused-ring (bicyclic) bond motifs is 2. The lowest BCUT2D eigenvalue weighted by molar-refractivity contribution is -0.147. The van der Waals surface area contributed by atoms with Crippen molar-refractivity contribution in [3.05, 3.63) is 0 Å². The number of carbonyl (C=O) groups is 1. The molecule has 3 N–H and O–H groups in total. The SMILES string of the molecule is CC(N)(COC1CC2CCC1(C)C2(C)C)C(=O)O. The first-order chi connectivity index (χ1) is 8.11. The average Bonchev–Trinajstić information content (AvgIpc) is 2.58. The number of nitrogens with two attached hydrogens (primary N) is 1. The molecular weight excluding hydrogens is 230 g/mol. The minimum absolute atomic E-state index is 0.0887. The highest BCUT2D eigenvalue weighted by molar-refractivity contribution is 5.78. The molecule has 0 spiro atoms. The summed E-state index contributed by atoms with van der Waals surface area (Å²) in [6.45, 7) is 8.50. The van der Waals surface area contributed by atoms with Gasteiger partial charge in [0.05, 0.1) is 12.7 Å². The van der Waals surface area contributed by atoms with E-state index in [1.807, 2.05) is 0 Å². The summed E-state index contributed by atoms with van der Waals surface area (Å²) in [5, 5.41) is 9.01. The van der Waals surface area contributed by atoms with Crippen LogP contribution in [0.25, 0.3) is 0 Å². The van der Waals surface area contributed by atoms with E-state index in [0.717, 1.165) is 6.42 Å². The van der Waals surface area contributed by atoms with E-state index in [0.29, 0.717) is 5.92 Å². The maximum Gasteiger partial charge on any atom is 0.325 e. The molecule has 0 aromatic heterocycles. The molecule has 0 heterocycles. The third-order valence-corrected chi connectivity index (χ3v) is 5.79. The highest BCUT2D eigenvalue weighted by Crippen LogP contribution is 2.66. The fourth-order valence-electron chi connectivity index (χ4n) is 3.72. The maximum atomic E-state index is 11.0. The lowest BCUT2D eigenvalue weighted by Crippen LogP contribution is -2.51. The fraction of sp³-hybridized carbons (Fsp3) is 0.929. The number of rotatable bonds is 4. The van der Waals surface area contributed by atoms with Crippen LogP contribution in [0.4, 0.5) is 0 Å². The Balaban J connectivity index is 2.04. The Morgan fingerprint density at radius 1 is 1.50 bits per heavy atom. The van der Waals surface area contributed by atoms with Gasteiger partial charge in [-0.1, -0.05) is 20.8 Å². The summed E-state index contributed by atoms with van der Waals surface area (Å²) in [5.41, 5.74) is 4.88. The Hall–Kier alpha value is -0.610. The first-order valence-electron chi connectivity index (χ1n) is 6.75. The van der Waals surface area contributed by atoms with Gasteiger partial charge in [0.15, 0.2) is 0 Å². The number of carboxylic acid groups (broad SMARTS) is 1. The Bertz CT molecular complexity index is 364. The second-order valence-corrected chi connectivity index (χ2v) is 7.13. The summed E-state index contributed by atoms with van der Waals surface area (Å²) >= 11 is 0. The summed E-state index contributed by atoms with van der Waals surface area (Å²) in [4.78, 5) is 11.0. The van der Waals surface area contributed by atoms with Gasteiger partial charge in [0, 0.05) is 0 Å². The van der Waals surface area contributed by atoms with E-state index >= 15 is 0 Å². The zero-order valence-corrected chi connectivity index (χ0v) is 11.8. The summed E-state index contributed by atoms with van der Waals surface area (Å²) in [5.74, 6) is -0.309. The average molecular weight is 255 g/mol. The molecule has 18 heavy (non-hydrogen) atoms. The molecule has 2 rings (SSSR count). The first kappa shape index (κ1) is 13.8. The predicted octanol–water partition coefficient (Wildman–Crippen LogP) is 2.02. The molecule has 2 fully saturated rings. The van der Waals surface area contributed by atoms with Crippen LogP contribution < -0.4 is 5.73 Å². The fourth-order valence-corrected chi connectivity index (χ4v) is 3.72. The number of hydrogen-bond donors (Lipinski definition) is 2. The van der Waals surface area contributed by atoms with E-state index in [-0.39, 0.29) is 23.5 Å². The number of carboxylic acids is 1. The van der Waals surface area contributed by atoms with Gasteiger partial charge in [-0.2, -0.15) is 0 Å². The molecule has 0 saturated heterocycles. The van der Waals surface area contributed by atoms with Gasteiger partial charge in [0.1, 0.15) is 5.54 Å². The minimum atomic E-state index is -1.29. The van der Waals surface area contributed by atoms with E-state index in [4.69, 9.17) is 15.6 Å². The van der Waals surface area contributed by atoms with Crippen LogP contribution >= 0.6 is 0 Å². The van der Waals surface area contributed by atoms with E-state index in [1.54, 1.807) is 0 Å². The molecule has 2 saturated carbocycles. The minimum Gasteiger partial charge on any atom is -0.480 e.